The van der Waals surface area contributed by atoms with Gasteiger partial charge in [0.25, 0.3) is 0 Å². The summed E-state index contributed by atoms with van der Waals surface area (Å²) in [6.07, 6.45) is 4.50. The molecule has 0 bridgehead atoms. The van der Waals surface area contributed by atoms with Crippen molar-refractivity contribution in [3.63, 3.8) is 0 Å². The highest BCUT2D eigenvalue weighted by molar-refractivity contribution is 8.01. The van der Waals surface area contributed by atoms with Gasteiger partial charge in [0.15, 0.2) is 0 Å². The molecule has 1 N–H and O–H groups in total. The average molecular weight is 338 g/mol. The number of carbonyl (C=O) groups is 2. The second-order valence-electron chi connectivity index (χ2n) is 5.75. The van der Waals surface area contributed by atoms with Crippen LogP contribution in [0.5, 0.6) is 0 Å². The molecule has 1 unspecified atom stereocenters. The third-order valence-corrected chi connectivity index (χ3v) is 4.99. The fourth-order valence-electron chi connectivity index (χ4n) is 2.55. The Labute approximate surface area is 140 Å². The molecule has 0 spiro atoms. The smallest absolute Gasteiger partial charge is 0.235 e. The van der Waals surface area contributed by atoms with E-state index in [4.69, 9.17) is 0 Å². The molecule has 1 aliphatic heterocycles. The predicted molar refractivity (Wildman–Crippen MR) is 92.0 cm³/mol. The number of rotatable bonds is 5. The summed E-state index contributed by atoms with van der Waals surface area (Å²) >= 11 is 1.34. The number of likely N-dealkylation sites (tertiary alicyclic amines) is 1. The maximum atomic E-state index is 12.8. The zero-order chi connectivity index (χ0) is 16.7. The van der Waals surface area contributed by atoms with E-state index in [2.05, 4.69) is 5.32 Å². The van der Waals surface area contributed by atoms with Crippen LogP contribution in [0.15, 0.2) is 24.3 Å². The molecular formula is C17H23FN2O2S. The number of thioether (sulfide) groups is 1. The van der Waals surface area contributed by atoms with Gasteiger partial charge in [0.05, 0.1) is 11.0 Å². The number of nitrogens with zero attached hydrogens (tertiary/aromatic N) is 1. The Balaban J connectivity index is 1.76. The highest BCUT2D eigenvalue weighted by Gasteiger charge is 2.22. The van der Waals surface area contributed by atoms with Crippen molar-refractivity contribution in [1.82, 2.24) is 4.90 Å². The molecule has 23 heavy (non-hydrogen) atoms. The normalized spacial score (nSPS) is 16.5. The molecule has 1 heterocycles. The van der Waals surface area contributed by atoms with Gasteiger partial charge in [-0.05, 0) is 44.0 Å². The van der Waals surface area contributed by atoms with Crippen molar-refractivity contribution in [3.8, 4) is 0 Å². The lowest BCUT2D eigenvalue weighted by atomic mass is 10.2. The lowest BCUT2D eigenvalue weighted by molar-refractivity contribution is -0.130. The topological polar surface area (TPSA) is 49.4 Å². The maximum Gasteiger partial charge on any atom is 0.235 e. The Kier molecular flexibility index (Phi) is 6.89. The van der Waals surface area contributed by atoms with E-state index < -0.39 is 0 Å². The molecule has 4 nitrogen and oxygen atoms in total. The molecule has 0 saturated carbocycles. The van der Waals surface area contributed by atoms with Gasteiger partial charge >= 0.3 is 0 Å². The van der Waals surface area contributed by atoms with Crippen LogP contribution in [0.2, 0.25) is 0 Å². The molecule has 1 atom stereocenters. The molecule has 2 rings (SSSR count). The van der Waals surface area contributed by atoms with Crippen molar-refractivity contribution in [2.24, 2.45) is 0 Å². The highest BCUT2D eigenvalue weighted by atomic mass is 32.2. The molecule has 6 heteroatoms. The third kappa shape index (κ3) is 5.86. The molecule has 2 amide bonds. The zero-order valence-corrected chi connectivity index (χ0v) is 14.2. The summed E-state index contributed by atoms with van der Waals surface area (Å²) < 4.78 is 12.8. The Morgan fingerprint density at radius 3 is 2.39 bits per heavy atom. The monoisotopic (exact) mass is 338 g/mol. The first-order valence-corrected chi connectivity index (χ1v) is 9.07. The molecule has 0 aliphatic carbocycles. The van der Waals surface area contributed by atoms with Gasteiger partial charge in [0, 0.05) is 18.8 Å². The highest BCUT2D eigenvalue weighted by Crippen LogP contribution is 2.18. The van der Waals surface area contributed by atoms with Crippen molar-refractivity contribution in [2.45, 2.75) is 37.9 Å². The third-order valence-electron chi connectivity index (χ3n) is 3.86. The van der Waals surface area contributed by atoms with Gasteiger partial charge < -0.3 is 10.2 Å². The van der Waals surface area contributed by atoms with Crippen molar-refractivity contribution in [3.05, 3.63) is 30.1 Å². The van der Waals surface area contributed by atoms with E-state index in [9.17, 15) is 14.0 Å². The van der Waals surface area contributed by atoms with Crippen molar-refractivity contribution < 1.29 is 14.0 Å². The fourth-order valence-corrected chi connectivity index (χ4v) is 3.32. The second-order valence-corrected chi connectivity index (χ2v) is 7.08. The number of benzene rings is 1. The standard InChI is InChI=1S/C17H23FN2O2S/c1-13(17(22)20-10-4-2-3-5-11-20)23-12-16(21)19-15-8-6-14(18)7-9-15/h6-9,13H,2-5,10-12H2,1H3,(H,19,21). The Morgan fingerprint density at radius 2 is 1.78 bits per heavy atom. The summed E-state index contributed by atoms with van der Waals surface area (Å²) in [4.78, 5) is 26.2. The van der Waals surface area contributed by atoms with Crippen molar-refractivity contribution in [1.29, 1.82) is 0 Å². The lowest BCUT2D eigenvalue weighted by Crippen LogP contribution is -2.37. The van der Waals surface area contributed by atoms with Crippen LogP contribution in [-0.4, -0.2) is 40.8 Å². The van der Waals surface area contributed by atoms with Crippen LogP contribution in [0.1, 0.15) is 32.6 Å². The number of halogens is 1. The number of anilines is 1. The number of amides is 2. The van der Waals surface area contributed by atoms with Gasteiger partial charge in [0.1, 0.15) is 5.82 Å². The number of carbonyl (C=O) groups excluding carboxylic acids is 2. The van der Waals surface area contributed by atoms with Crippen LogP contribution in [-0.2, 0) is 9.59 Å². The van der Waals surface area contributed by atoms with E-state index in [1.165, 1.54) is 48.9 Å². The molecule has 0 aromatic heterocycles. The van der Waals surface area contributed by atoms with Crippen LogP contribution in [0.3, 0.4) is 0 Å². The van der Waals surface area contributed by atoms with E-state index in [0.717, 1.165) is 25.9 Å². The number of hydrogen-bond acceptors (Lipinski definition) is 3. The minimum atomic E-state index is -0.339. The van der Waals surface area contributed by atoms with Gasteiger partial charge in [0.2, 0.25) is 11.8 Å². The summed E-state index contributed by atoms with van der Waals surface area (Å²) in [5.41, 5.74) is 0.559. The van der Waals surface area contributed by atoms with Gasteiger partial charge in [-0.1, -0.05) is 12.8 Å². The SMILES string of the molecule is CC(SCC(=O)Nc1ccc(F)cc1)C(=O)N1CCCCCC1. The summed E-state index contributed by atoms with van der Waals surface area (Å²) in [7, 11) is 0. The lowest BCUT2D eigenvalue weighted by Gasteiger charge is -2.23. The molecular weight excluding hydrogens is 315 g/mol. The van der Waals surface area contributed by atoms with Crippen molar-refractivity contribution in [2.75, 3.05) is 24.2 Å². The zero-order valence-electron chi connectivity index (χ0n) is 13.4. The molecule has 1 aromatic carbocycles. The first-order valence-electron chi connectivity index (χ1n) is 8.02. The predicted octanol–water partition coefficient (Wildman–Crippen LogP) is 3.29. The minimum Gasteiger partial charge on any atom is -0.342 e. The van der Waals surface area contributed by atoms with E-state index in [1.807, 2.05) is 11.8 Å². The van der Waals surface area contributed by atoms with E-state index in [0.29, 0.717) is 5.69 Å². The average Bonchev–Trinajstić information content (AvgIpc) is 2.83. The molecule has 1 aliphatic rings. The summed E-state index contributed by atoms with van der Waals surface area (Å²) in [5.74, 6) is -0.198. The first-order chi connectivity index (χ1) is 11.1. The van der Waals surface area contributed by atoms with Crippen LogP contribution in [0.4, 0.5) is 10.1 Å². The largest absolute Gasteiger partial charge is 0.342 e. The fraction of sp³-hybridized carbons (Fsp3) is 0.529. The van der Waals surface area contributed by atoms with Crippen molar-refractivity contribution >= 4 is 29.3 Å². The van der Waals surface area contributed by atoms with Crippen LogP contribution in [0.25, 0.3) is 0 Å². The minimum absolute atomic E-state index is 0.117. The number of hydrogen-bond donors (Lipinski definition) is 1. The molecule has 1 aromatic rings. The maximum absolute atomic E-state index is 12.8. The summed E-state index contributed by atoms with van der Waals surface area (Å²) in [6.45, 7) is 3.50. The van der Waals surface area contributed by atoms with Crippen LogP contribution >= 0.6 is 11.8 Å². The summed E-state index contributed by atoms with van der Waals surface area (Å²) in [5, 5.41) is 2.47. The molecule has 1 saturated heterocycles. The molecule has 1 fully saturated rings. The van der Waals surface area contributed by atoms with Gasteiger partial charge in [-0.2, -0.15) is 0 Å². The summed E-state index contributed by atoms with van der Waals surface area (Å²) in [6, 6.07) is 5.63. The Bertz CT molecular complexity index is 528. The van der Waals surface area contributed by atoms with E-state index >= 15 is 0 Å². The van der Waals surface area contributed by atoms with Crippen LogP contribution in [0, 0.1) is 5.82 Å². The Morgan fingerprint density at radius 1 is 1.17 bits per heavy atom. The first kappa shape index (κ1) is 17.8. The van der Waals surface area contributed by atoms with Gasteiger partial charge in [-0.15, -0.1) is 11.8 Å². The molecule has 126 valence electrons. The van der Waals surface area contributed by atoms with Gasteiger partial charge in [-0.25, -0.2) is 4.39 Å². The quantitative estimate of drug-likeness (QED) is 0.896. The number of nitrogens with one attached hydrogen (secondary N) is 1. The van der Waals surface area contributed by atoms with Crippen LogP contribution < -0.4 is 5.32 Å². The molecule has 0 radical (unpaired) electrons. The second kappa shape index (κ2) is 8.91. The Hall–Kier alpha value is -1.56. The van der Waals surface area contributed by atoms with E-state index in [-0.39, 0.29) is 28.6 Å². The van der Waals surface area contributed by atoms with E-state index in [1.54, 1.807) is 0 Å². The van der Waals surface area contributed by atoms with Gasteiger partial charge in [-0.3, -0.25) is 9.59 Å².